The minimum atomic E-state index is -4.61. The van der Waals surface area contributed by atoms with Crippen molar-refractivity contribution in [3.05, 3.63) is 57.8 Å². The van der Waals surface area contributed by atoms with E-state index in [9.17, 15) is 22.4 Å². The third kappa shape index (κ3) is 2.73. The Kier molecular flexibility index (Phi) is 3.79. The highest BCUT2D eigenvalue weighted by Gasteiger charge is 2.35. The number of carbonyl (C=O) groups is 1. The highest BCUT2D eigenvalue weighted by atomic mass is 32.1. The SMILES string of the molecule is Cc1cc(C(F)(F)F)c2c(N)c(C(=O)c3ccc(F)cc3)sc2n1. The number of nitrogens with zero attached hydrogens (tertiary/aromatic N) is 1. The molecule has 2 N–H and O–H groups in total. The molecule has 0 bridgehead atoms. The second-order valence-electron chi connectivity index (χ2n) is 5.17. The molecule has 3 rings (SSSR count). The van der Waals surface area contributed by atoms with Gasteiger partial charge in [-0.25, -0.2) is 9.37 Å². The number of anilines is 1. The molecule has 124 valence electrons. The number of aromatic nitrogens is 1. The van der Waals surface area contributed by atoms with E-state index < -0.39 is 23.3 Å². The molecule has 2 heterocycles. The lowest BCUT2D eigenvalue weighted by Gasteiger charge is -2.09. The van der Waals surface area contributed by atoms with Crippen LogP contribution < -0.4 is 5.73 Å². The summed E-state index contributed by atoms with van der Waals surface area (Å²) in [7, 11) is 0. The Morgan fingerprint density at radius 1 is 1.21 bits per heavy atom. The normalized spacial score (nSPS) is 11.9. The predicted octanol–water partition coefficient (Wildman–Crippen LogP) is 4.58. The van der Waals surface area contributed by atoms with Crippen molar-refractivity contribution in [2.45, 2.75) is 13.1 Å². The molecule has 2 aromatic heterocycles. The van der Waals surface area contributed by atoms with Crippen molar-refractivity contribution in [1.29, 1.82) is 0 Å². The molecular formula is C16H10F4N2OS. The highest BCUT2D eigenvalue weighted by molar-refractivity contribution is 7.21. The first kappa shape index (κ1) is 16.4. The Balaban J connectivity index is 2.22. The number of pyridine rings is 1. The number of benzene rings is 1. The van der Waals surface area contributed by atoms with E-state index in [4.69, 9.17) is 5.73 Å². The Morgan fingerprint density at radius 3 is 2.42 bits per heavy atom. The van der Waals surface area contributed by atoms with Gasteiger partial charge in [-0.3, -0.25) is 4.79 Å². The number of aryl methyl sites for hydroxylation is 1. The maximum Gasteiger partial charge on any atom is 0.417 e. The summed E-state index contributed by atoms with van der Waals surface area (Å²) >= 11 is 0.796. The molecular weight excluding hydrogens is 344 g/mol. The van der Waals surface area contributed by atoms with Crippen LogP contribution in [0.2, 0.25) is 0 Å². The van der Waals surface area contributed by atoms with Crippen molar-refractivity contribution >= 4 is 33.0 Å². The van der Waals surface area contributed by atoms with Gasteiger partial charge >= 0.3 is 6.18 Å². The Bertz CT molecular complexity index is 945. The van der Waals surface area contributed by atoms with E-state index in [0.717, 1.165) is 29.5 Å². The van der Waals surface area contributed by atoms with Crippen molar-refractivity contribution in [2.24, 2.45) is 0 Å². The smallest absolute Gasteiger partial charge is 0.397 e. The molecule has 0 atom stereocenters. The van der Waals surface area contributed by atoms with Gasteiger partial charge in [0.1, 0.15) is 15.5 Å². The Morgan fingerprint density at radius 2 is 1.83 bits per heavy atom. The molecule has 3 nitrogen and oxygen atoms in total. The molecule has 8 heteroatoms. The summed E-state index contributed by atoms with van der Waals surface area (Å²) in [5.41, 5.74) is 4.97. The maximum atomic E-state index is 13.3. The van der Waals surface area contributed by atoms with Crippen LogP contribution in [0.4, 0.5) is 23.2 Å². The average Bonchev–Trinajstić information content (AvgIpc) is 2.82. The molecule has 24 heavy (non-hydrogen) atoms. The van der Waals surface area contributed by atoms with Gasteiger partial charge in [0, 0.05) is 16.6 Å². The zero-order chi connectivity index (χ0) is 17.6. The first-order valence-electron chi connectivity index (χ1n) is 6.75. The van der Waals surface area contributed by atoms with Gasteiger partial charge in [-0.05, 0) is 37.3 Å². The van der Waals surface area contributed by atoms with Gasteiger partial charge in [-0.1, -0.05) is 0 Å². The molecule has 0 saturated heterocycles. The number of hydrogen-bond acceptors (Lipinski definition) is 4. The number of thiophene rings is 1. The topological polar surface area (TPSA) is 56.0 Å². The van der Waals surface area contributed by atoms with Crippen LogP contribution in [-0.4, -0.2) is 10.8 Å². The van der Waals surface area contributed by atoms with Crippen LogP contribution in [0.15, 0.2) is 30.3 Å². The van der Waals surface area contributed by atoms with Gasteiger partial charge in [-0.2, -0.15) is 13.2 Å². The molecule has 0 aliphatic rings. The number of nitrogens with two attached hydrogens (primary N) is 1. The largest absolute Gasteiger partial charge is 0.417 e. The zero-order valence-electron chi connectivity index (χ0n) is 12.2. The molecule has 0 spiro atoms. The van der Waals surface area contributed by atoms with Gasteiger partial charge in [0.2, 0.25) is 5.78 Å². The molecule has 1 aromatic carbocycles. The van der Waals surface area contributed by atoms with Gasteiger partial charge in [-0.15, -0.1) is 11.3 Å². The lowest BCUT2D eigenvalue weighted by molar-refractivity contribution is -0.136. The number of hydrogen-bond donors (Lipinski definition) is 1. The number of carbonyl (C=O) groups excluding carboxylic acids is 1. The number of ketones is 1. The van der Waals surface area contributed by atoms with Gasteiger partial charge in [0.05, 0.1) is 11.3 Å². The van der Waals surface area contributed by atoms with Crippen molar-refractivity contribution in [2.75, 3.05) is 5.73 Å². The maximum absolute atomic E-state index is 13.3. The highest BCUT2D eigenvalue weighted by Crippen LogP contribution is 2.42. The number of rotatable bonds is 2. The van der Waals surface area contributed by atoms with Gasteiger partial charge in [0.25, 0.3) is 0 Å². The van der Waals surface area contributed by atoms with Crippen molar-refractivity contribution < 1.29 is 22.4 Å². The van der Waals surface area contributed by atoms with Crippen LogP contribution in [0.3, 0.4) is 0 Å². The zero-order valence-corrected chi connectivity index (χ0v) is 13.1. The summed E-state index contributed by atoms with van der Waals surface area (Å²) in [6.45, 7) is 1.44. The Labute approximate surface area is 137 Å². The molecule has 0 aliphatic carbocycles. The third-order valence-corrected chi connectivity index (χ3v) is 4.54. The second-order valence-corrected chi connectivity index (χ2v) is 6.17. The van der Waals surface area contributed by atoms with E-state index in [0.29, 0.717) is 0 Å². The third-order valence-electron chi connectivity index (χ3n) is 3.45. The number of alkyl halides is 3. The van der Waals surface area contributed by atoms with Gasteiger partial charge < -0.3 is 5.73 Å². The van der Waals surface area contributed by atoms with E-state index in [-0.39, 0.29) is 32.0 Å². The Hall–Kier alpha value is -2.48. The second kappa shape index (κ2) is 5.55. The lowest BCUT2D eigenvalue weighted by atomic mass is 10.1. The predicted molar refractivity (Wildman–Crippen MR) is 83.6 cm³/mol. The van der Waals surface area contributed by atoms with Crippen LogP contribution in [0.1, 0.15) is 26.5 Å². The first-order valence-corrected chi connectivity index (χ1v) is 7.57. The molecule has 3 aromatic rings. The van der Waals surface area contributed by atoms with Crippen LogP contribution in [0.5, 0.6) is 0 Å². The van der Waals surface area contributed by atoms with E-state index >= 15 is 0 Å². The van der Waals surface area contributed by atoms with Crippen molar-refractivity contribution in [3.63, 3.8) is 0 Å². The fourth-order valence-electron chi connectivity index (χ4n) is 2.37. The van der Waals surface area contributed by atoms with Crippen LogP contribution in [0.25, 0.3) is 10.2 Å². The molecule has 0 unspecified atom stereocenters. The molecule has 0 fully saturated rings. The molecule has 0 saturated carbocycles. The molecule has 0 aliphatic heterocycles. The minimum Gasteiger partial charge on any atom is -0.397 e. The van der Waals surface area contributed by atoms with E-state index in [1.54, 1.807) is 0 Å². The monoisotopic (exact) mass is 354 g/mol. The number of nitrogen functional groups attached to an aromatic ring is 1. The van der Waals surface area contributed by atoms with Crippen LogP contribution in [-0.2, 0) is 6.18 Å². The summed E-state index contributed by atoms with van der Waals surface area (Å²) in [6.07, 6.45) is -4.61. The van der Waals surface area contributed by atoms with Crippen LogP contribution >= 0.6 is 11.3 Å². The number of halogens is 4. The quantitative estimate of drug-likeness (QED) is 0.541. The lowest BCUT2D eigenvalue weighted by Crippen LogP contribution is -2.08. The van der Waals surface area contributed by atoms with E-state index in [1.807, 2.05) is 0 Å². The van der Waals surface area contributed by atoms with Crippen molar-refractivity contribution in [1.82, 2.24) is 4.98 Å². The fraction of sp³-hybridized carbons (Fsp3) is 0.125. The standard InChI is InChI=1S/C16H10F4N2OS/c1-7-6-10(16(18,19)20)11-12(21)14(24-15(11)22-7)13(23)8-2-4-9(17)5-3-8/h2-6H,21H2,1H3. The molecule has 0 radical (unpaired) electrons. The van der Waals surface area contributed by atoms with Crippen molar-refractivity contribution in [3.8, 4) is 0 Å². The summed E-state index contributed by atoms with van der Waals surface area (Å²) in [6, 6.07) is 5.60. The van der Waals surface area contributed by atoms with Gasteiger partial charge in [0.15, 0.2) is 0 Å². The minimum absolute atomic E-state index is 0.0415. The average molecular weight is 354 g/mol. The summed E-state index contributed by atoms with van der Waals surface area (Å²) in [5, 5.41) is -0.274. The fourth-order valence-corrected chi connectivity index (χ4v) is 3.50. The summed E-state index contributed by atoms with van der Waals surface area (Å²) < 4.78 is 52.7. The molecule has 0 amide bonds. The first-order chi connectivity index (χ1) is 11.2. The summed E-state index contributed by atoms with van der Waals surface area (Å²) in [4.78, 5) is 16.5. The number of fused-ring (bicyclic) bond motifs is 1. The van der Waals surface area contributed by atoms with Crippen LogP contribution in [0, 0.1) is 12.7 Å². The van der Waals surface area contributed by atoms with E-state index in [2.05, 4.69) is 4.98 Å². The summed E-state index contributed by atoms with van der Waals surface area (Å²) in [5.74, 6) is -1.09. The van der Waals surface area contributed by atoms with E-state index in [1.165, 1.54) is 19.1 Å².